The van der Waals surface area contributed by atoms with Crippen molar-refractivity contribution in [3.8, 4) is 16.9 Å². The molecular formula is C25H31N3O2. The molecule has 0 spiro atoms. The van der Waals surface area contributed by atoms with Crippen molar-refractivity contribution in [1.82, 2.24) is 14.5 Å². The summed E-state index contributed by atoms with van der Waals surface area (Å²) < 4.78 is 7.19. The third kappa shape index (κ3) is 5.05. The number of aliphatic hydroxyl groups excluding tert-OH is 1. The van der Waals surface area contributed by atoms with Crippen LogP contribution in [-0.4, -0.2) is 26.8 Å². The Morgan fingerprint density at radius 1 is 0.900 bits per heavy atom. The maximum Gasteiger partial charge on any atom is 0.160 e. The molecule has 1 N–H and O–H groups in total. The molecule has 0 amide bonds. The van der Waals surface area contributed by atoms with Crippen molar-refractivity contribution in [2.45, 2.75) is 40.8 Å². The average Bonchev–Trinajstić information content (AvgIpc) is 3.25. The molecule has 4 aromatic rings. The Bertz CT molecular complexity index is 1030. The van der Waals surface area contributed by atoms with Gasteiger partial charge in [0.2, 0.25) is 0 Å². The van der Waals surface area contributed by atoms with E-state index in [-0.39, 0.29) is 6.61 Å². The van der Waals surface area contributed by atoms with Crippen LogP contribution in [0.4, 0.5) is 0 Å². The number of methoxy groups -OCH3 is 1. The van der Waals surface area contributed by atoms with Crippen molar-refractivity contribution in [2.75, 3.05) is 7.11 Å². The lowest BCUT2D eigenvalue weighted by molar-refractivity contribution is 0.283. The molecule has 30 heavy (non-hydrogen) atoms. The van der Waals surface area contributed by atoms with Gasteiger partial charge in [-0.15, -0.1) is 0 Å². The van der Waals surface area contributed by atoms with Crippen LogP contribution < -0.4 is 4.74 Å². The van der Waals surface area contributed by atoms with Crippen LogP contribution in [0.3, 0.4) is 0 Å². The summed E-state index contributed by atoms with van der Waals surface area (Å²) in [5.41, 5.74) is 5.37. The molecule has 0 aliphatic heterocycles. The molecule has 5 heteroatoms. The predicted octanol–water partition coefficient (Wildman–Crippen LogP) is 5.70. The number of benzene rings is 2. The second-order valence-electron chi connectivity index (χ2n) is 6.07. The van der Waals surface area contributed by atoms with E-state index in [1.165, 1.54) is 0 Å². The second-order valence-corrected chi connectivity index (χ2v) is 6.07. The minimum atomic E-state index is -0.0806. The maximum atomic E-state index is 9.94. The smallest absolute Gasteiger partial charge is 0.160 e. The van der Waals surface area contributed by atoms with Crippen LogP contribution in [0, 0.1) is 0 Å². The van der Waals surface area contributed by atoms with Gasteiger partial charge in [0, 0.05) is 17.3 Å². The second kappa shape index (κ2) is 11.7. The Morgan fingerprint density at radius 2 is 1.57 bits per heavy atom. The van der Waals surface area contributed by atoms with E-state index in [4.69, 9.17) is 4.74 Å². The molecule has 0 aliphatic carbocycles. The van der Waals surface area contributed by atoms with Crippen LogP contribution >= 0.6 is 0 Å². The summed E-state index contributed by atoms with van der Waals surface area (Å²) in [6.45, 7) is 8.58. The Hall–Kier alpha value is -3.18. The predicted molar refractivity (Wildman–Crippen MR) is 124 cm³/mol. The number of aromatic nitrogens is 3. The van der Waals surface area contributed by atoms with Gasteiger partial charge in [-0.3, -0.25) is 0 Å². The molecule has 0 bridgehead atoms. The zero-order valence-corrected chi connectivity index (χ0v) is 18.5. The first kappa shape index (κ1) is 23.1. The molecule has 2 aromatic heterocycles. The molecule has 158 valence electrons. The number of rotatable bonds is 5. The maximum absolute atomic E-state index is 9.94. The first-order valence-electron chi connectivity index (χ1n) is 10.4. The SMILES string of the molecule is CC.CC.COc1ccc(Cn2cnc3c(CO)c(-c4ccccc4)cnc32)cc1. The van der Waals surface area contributed by atoms with Gasteiger partial charge in [0.1, 0.15) is 11.3 Å². The quantitative estimate of drug-likeness (QED) is 0.463. The van der Waals surface area contributed by atoms with E-state index in [1.807, 2.05) is 93.1 Å². The summed E-state index contributed by atoms with van der Waals surface area (Å²) >= 11 is 0. The number of fused-ring (bicyclic) bond motifs is 1. The van der Waals surface area contributed by atoms with Gasteiger partial charge in [-0.05, 0) is 23.3 Å². The normalized spacial score (nSPS) is 9.93. The standard InChI is InChI=1S/C21H19N3O2.2C2H6/c1-26-17-9-7-15(8-10-17)12-24-14-23-20-19(13-25)18(11-22-21(20)24)16-5-3-2-4-6-16;2*1-2/h2-11,14,25H,12-13H2,1H3;2*1-2H3. The Labute approximate surface area is 179 Å². The van der Waals surface area contributed by atoms with Gasteiger partial charge >= 0.3 is 0 Å². The minimum Gasteiger partial charge on any atom is -0.497 e. The highest BCUT2D eigenvalue weighted by Crippen LogP contribution is 2.28. The zero-order chi connectivity index (χ0) is 21.9. The highest BCUT2D eigenvalue weighted by atomic mass is 16.5. The first-order chi connectivity index (χ1) is 14.8. The Morgan fingerprint density at radius 3 is 2.17 bits per heavy atom. The van der Waals surface area contributed by atoms with Gasteiger partial charge in [-0.1, -0.05) is 70.2 Å². The third-order valence-electron chi connectivity index (χ3n) is 4.49. The summed E-state index contributed by atoms with van der Waals surface area (Å²) in [5, 5.41) is 9.94. The van der Waals surface area contributed by atoms with Gasteiger partial charge in [0.05, 0.1) is 26.6 Å². The van der Waals surface area contributed by atoms with Crippen molar-refractivity contribution < 1.29 is 9.84 Å². The van der Waals surface area contributed by atoms with Crippen molar-refractivity contribution in [3.05, 3.63) is 78.2 Å². The van der Waals surface area contributed by atoms with E-state index in [9.17, 15) is 5.11 Å². The molecule has 2 aromatic carbocycles. The number of hydrogen-bond donors (Lipinski definition) is 1. The lowest BCUT2D eigenvalue weighted by Crippen LogP contribution is -2.01. The molecule has 2 heterocycles. The van der Waals surface area contributed by atoms with Gasteiger partial charge < -0.3 is 14.4 Å². The number of imidazole rings is 1. The molecule has 5 nitrogen and oxygen atoms in total. The lowest BCUT2D eigenvalue weighted by Gasteiger charge is -2.09. The van der Waals surface area contributed by atoms with Crippen molar-refractivity contribution >= 4 is 11.2 Å². The van der Waals surface area contributed by atoms with Crippen molar-refractivity contribution in [3.63, 3.8) is 0 Å². The van der Waals surface area contributed by atoms with Gasteiger partial charge in [-0.25, -0.2) is 9.97 Å². The number of hydrogen-bond acceptors (Lipinski definition) is 4. The topological polar surface area (TPSA) is 60.2 Å². The summed E-state index contributed by atoms with van der Waals surface area (Å²) in [6, 6.07) is 17.9. The van der Waals surface area contributed by atoms with Gasteiger partial charge in [-0.2, -0.15) is 0 Å². The van der Waals surface area contributed by atoms with Crippen LogP contribution in [0.1, 0.15) is 38.8 Å². The third-order valence-corrected chi connectivity index (χ3v) is 4.49. The highest BCUT2D eigenvalue weighted by Gasteiger charge is 2.14. The number of nitrogens with zero attached hydrogens (tertiary/aromatic N) is 3. The summed E-state index contributed by atoms with van der Waals surface area (Å²) in [7, 11) is 1.66. The molecule has 0 saturated carbocycles. The fourth-order valence-corrected chi connectivity index (χ4v) is 3.13. The van der Waals surface area contributed by atoms with Crippen LogP contribution in [0.25, 0.3) is 22.3 Å². The molecule has 0 radical (unpaired) electrons. The lowest BCUT2D eigenvalue weighted by atomic mass is 10.0. The minimum absolute atomic E-state index is 0.0806. The molecule has 4 rings (SSSR count). The first-order valence-corrected chi connectivity index (χ1v) is 10.4. The van der Waals surface area contributed by atoms with Crippen LogP contribution in [0.15, 0.2) is 67.1 Å². The molecule has 0 unspecified atom stereocenters. The van der Waals surface area contributed by atoms with E-state index >= 15 is 0 Å². The van der Waals surface area contributed by atoms with Crippen LogP contribution in [-0.2, 0) is 13.2 Å². The molecule has 0 atom stereocenters. The van der Waals surface area contributed by atoms with E-state index in [2.05, 4.69) is 9.97 Å². The molecular weight excluding hydrogens is 374 g/mol. The van der Waals surface area contributed by atoms with Crippen molar-refractivity contribution in [2.24, 2.45) is 0 Å². The Balaban J connectivity index is 0.000000757. The molecule has 0 saturated heterocycles. The summed E-state index contributed by atoms with van der Waals surface area (Å²) in [5.74, 6) is 0.831. The number of pyridine rings is 1. The van der Waals surface area contributed by atoms with Gasteiger partial charge in [0.25, 0.3) is 0 Å². The monoisotopic (exact) mass is 405 g/mol. The zero-order valence-electron chi connectivity index (χ0n) is 18.5. The van der Waals surface area contributed by atoms with Crippen LogP contribution in [0.5, 0.6) is 5.75 Å². The van der Waals surface area contributed by atoms with Crippen molar-refractivity contribution in [1.29, 1.82) is 0 Å². The molecule has 0 fully saturated rings. The van der Waals surface area contributed by atoms with Crippen LogP contribution in [0.2, 0.25) is 0 Å². The highest BCUT2D eigenvalue weighted by molar-refractivity contribution is 5.83. The van der Waals surface area contributed by atoms with E-state index in [1.54, 1.807) is 13.4 Å². The van der Waals surface area contributed by atoms with E-state index in [0.717, 1.165) is 39.2 Å². The Kier molecular flexibility index (Phi) is 9.03. The van der Waals surface area contributed by atoms with E-state index in [0.29, 0.717) is 6.54 Å². The summed E-state index contributed by atoms with van der Waals surface area (Å²) in [4.78, 5) is 9.14. The average molecular weight is 406 g/mol. The fourth-order valence-electron chi connectivity index (χ4n) is 3.13. The number of aliphatic hydroxyl groups is 1. The van der Waals surface area contributed by atoms with E-state index < -0.39 is 0 Å². The fraction of sp³-hybridized carbons (Fsp3) is 0.280. The largest absolute Gasteiger partial charge is 0.497 e. The molecule has 0 aliphatic rings. The van der Waals surface area contributed by atoms with Gasteiger partial charge in [0.15, 0.2) is 5.65 Å². The summed E-state index contributed by atoms with van der Waals surface area (Å²) in [6.07, 6.45) is 3.59. The number of ether oxygens (including phenoxy) is 1.